The smallest absolute Gasteiger partial charge is 0.224 e. The van der Waals surface area contributed by atoms with Crippen molar-refractivity contribution in [3.05, 3.63) is 6.33 Å². The Hall–Kier alpha value is -2.05. The fourth-order valence-electron chi connectivity index (χ4n) is 4.01. The monoisotopic (exact) mass is 559 g/mol. The van der Waals surface area contributed by atoms with E-state index in [2.05, 4.69) is 94.1 Å². The summed E-state index contributed by atoms with van der Waals surface area (Å²) in [5, 5.41) is 14.0. The number of nitriles is 1. The minimum Gasteiger partial charge on any atom is -0.413 e. The van der Waals surface area contributed by atoms with Gasteiger partial charge in [-0.05, 0) is 49.1 Å². The summed E-state index contributed by atoms with van der Waals surface area (Å²) in [6, 6.07) is 2.88. The lowest BCUT2D eigenvalue weighted by atomic mass is 10.00. The normalized spacial score (nSPS) is 25.1. The van der Waals surface area contributed by atoms with Crippen LogP contribution in [0.3, 0.4) is 0 Å². The van der Waals surface area contributed by atoms with Gasteiger partial charge in [0.2, 0.25) is 11.5 Å². The van der Waals surface area contributed by atoms with E-state index >= 15 is 0 Å². The molecule has 2 aromatic rings. The molecule has 1 saturated heterocycles. The van der Waals surface area contributed by atoms with E-state index in [1.54, 1.807) is 6.33 Å². The van der Waals surface area contributed by atoms with Gasteiger partial charge < -0.3 is 24.6 Å². The highest BCUT2D eigenvalue weighted by atomic mass is 28.4. The number of anilines is 2. The highest BCUT2D eigenvalue weighted by Gasteiger charge is 2.55. The van der Waals surface area contributed by atoms with Crippen molar-refractivity contribution < 1.29 is 13.6 Å². The molecule has 4 rings (SSSR count). The van der Waals surface area contributed by atoms with Gasteiger partial charge in [0.05, 0.1) is 19.0 Å². The number of nitrogens with one attached hydrogen (secondary N) is 1. The Labute approximate surface area is 228 Å². The van der Waals surface area contributed by atoms with E-state index in [0.29, 0.717) is 29.4 Å². The Morgan fingerprint density at radius 3 is 2.32 bits per heavy atom. The molecular formula is C26H45N7O3Si2. The maximum Gasteiger partial charge on any atom is 0.224 e. The third kappa shape index (κ3) is 5.49. The van der Waals surface area contributed by atoms with Crippen molar-refractivity contribution in [2.45, 2.75) is 121 Å². The molecule has 2 aromatic heterocycles. The first-order valence-electron chi connectivity index (χ1n) is 13.6. The molecule has 1 aliphatic carbocycles. The number of nitrogens with zero attached hydrogens (tertiary/aromatic N) is 5. The van der Waals surface area contributed by atoms with Gasteiger partial charge in [-0.3, -0.25) is 4.57 Å². The molecule has 0 spiro atoms. The number of imidazole rings is 1. The first-order chi connectivity index (χ1) is 17.4. The number of hydrogen-bond acceptors (Lipinski definition) is 9. The van der Waals surface area contributed by atoms with Crippen molar-refractivity contribution in [3.63, 3.8) is 0 Å². The molecule has 0 bridgehead atoms. The molecule has 1 saturated carbocycles. The molecule has 38 heavy (non-hydrogen) atoms. The summed E-state index contributed by atoms with van der Waals surface area (Å²) in [5.41, 5.74) is 6.05. The second kappa shape index (κ2) is 9.55. The van der Waals surface area contributed by atoms with Crippen LogP contribution in [-0.2, 0) is 13.6 Å². The van der Waals surface area contributed by atoms with Gasteiger partial charge in [-0.1, -0.05) is 41.5 Å². The Morgan fingerprint density at radius 1 is 1.13 bits per heavy atom. The second-order valence-corrected chi connectivity index (χ2v) is 23.5. The van der Waals surface area contributed by atoms with Crippen LogP contribution < -0.4 is 11.1 Å². The van der Waals surface area contributed by atoms with Crippen molar-refractivity contribution in [2.75, 3.05) is 17.7 Å². The fourth-order valence-corrected chi connectivity index (χ4v) is 6.37. The SMILES string of the molecule is CC(C)(C)[Si](C)(C)OC[C@@]1(C#N)O[C@@H](n2cnc3c(NC4CC4)nc(N)nc32)C[C@@H]1O[Si](C)(C)C(C)(C)C. The van der Waals surface area contributed by atoms with Crippen molar-refractivity contribution in [3.8, 4) is 6.07 Å². The summed E-state index contributed by atoms with van der Waals surface area (Å²) in [6.45, 7) is 22.1. The summed E-state index contributed by atoms with van der Waals surface area (Å²) in [5.74, 6) is 0.802. The number of ether oxygens (including phenoxy) is 1. The van der Waals surface area contributed by atoms with Crippen LogP contribution in [0.25, 0.3) is 11.2 Å². The molecule has 210 valence electrons. The largest absolute Gasteiger partial charge is 0.413 e. The number of rotatable bonds is 8. The number of aromatic nitrogens is 4. The number of nitrogens with two attached hydrogens (primary N) is 1. The quantitative estimate of drug-likeness (QED) is 0.398. The molecule has 12 heteroatoms. The summed E-state index contributed by atoms with van der Waals surface area (Å²) in [6.07, 6.45) is 3.39. The van der Waals surface area contributed by atoms with E-state index in [9.17, 15) is 5.26 Å². The molecule has 0 unspecified atom stereocenters. The predicted molar refractivity (Wildman–Crippen MR) is 155 cm³/mol. The second-order valence-electron chi connectivity index (χ2n) is 13.9. The van der Waals surface area contributed by atoms with E-state index in [-0.39, 0.29) is 22.6 Å². The zero-order valence-corrected chi connectivity index (χ0v) is 26.7. The Morgan fingerprint density at radius 2 is 1.76 bits per heavy atom. The summed E-state index contributed by atoms with van der Waals surface area (Å²) >= 11 is 0. The topological polar surface area (TPSA) is 133 Å². The Bertz CT molecular complexity index is 1220. The maximum absolute atomic E-state index is 10.6. The van der Waals surface area contributed by atoms with Crippen molar-refractivity contribution >= 4 is 39.6 Å². The van der Waals surface area contributed by atoms with E-state index in [0.717, 1.165) is 12.8 Å². The van der Waals surface area contributed by atoms with Gasteiger partial charge in [-0.25, -0.2) is 4.98 Å². The molecule has 1 aliphatic heterocycles. The lowest BCUT2D eigenvalue weighted by Gasteiger charge is -2.42. The number of fused-ring (bicyclic) bond motifs is 1. The van der Waals surface area contributed by atoms with Gasteiger partial charge in [0.15, 0.2) is 33.6 Å². The summed E-state index contributed by atoms with van der Waals surface area (Å²) in [7, 11) is -4.40. The molecular weight excluding hydrogens is 515 g/mol. The standard InChI is InChI=1S/C26H45N7O3Si2/c1-24(2,3)37(7,8)34-15-26(14-27)18(36-38(9,10)25(4,5)6)13-19(35-26)33-16-29-20-21(30-17-11-12-17)31-23(28)32-22(20)33/h16-19H,11-13,15H2,1-10H3,(H3,28,30,31,32)/t18-,19+,26+/m0/s1. The van der Waals surface area contributed by atoms with Crippen molar-refractivity contribution in [1.82, 2.24) is 19.5 Å². The van der Waals surface area contributed by atoms with Crippen LogP contribution in [0, 0.1) is 11.3 Å². The molecule has 3 N–H and O–H groups in total. The average Bonchev–Trinajstić information content (AvgIpc) is 3.38. The zero-order chi connectivity index (χ0) is 28.3. The number of hydrogen-bond donors (Lipinski definition) is 2. The maximum atomic E-state index is 10.6. The van der Waals surface area contributed by atoms with E-state index in [1.807, 2.05) is 4.57 Å². The summed E-state index contributed by atoms with van der Waals surface area (Å²) in [4.78, 5) is 13.5. The minimum absolute atomic E-state index is 0.00259. The van der Waals surface area contributed by atoms with Gasteiger partial charge in [0, 0.05) is 12.5 Å². The molecule has 10 nitrogen and oxygen atoms in total. The van der Waals surface area contributed by atoms with Crippen molar-refractivity contribution in [2.24, 2.45) is 0 Å². The third-order valence-electron chi connectivity index (χ3n) is 8.84. The average molecular weight is 560 g/mol. The Kier molecular flexibility index (Phi) is 7.28. The van der Waals surface area contributed by atoms with Gasteiger partial charge in [0.1, 0.15) is 12.3 Å². The first-order valence-corrected chi connectivity index (χ1v) is 19.4. The first kappa shape index (κ1) is 28.9. The highest BCUT2D eigenvalue weighted by molar-refractivity contribution is 6.74. The van der Waals surface area contributed by atoms with Gasteiger partial charge in [-0.15, -0.1) is 0 Å². The molecule has 0 radical (unpaired) electrons. The van der Waals surface area contributed by atoms with E-state index < -0.39 is 34.6 Å². The lowest BCUT2D eigenvalue weighted by molar-refractivity contribution is -0.0851. The minimum atomic E-state index is -2.24. The van der Waals surface area contributed by atoms with Crippen LogP contribution >= 0.6 is 0 Å². The van der Waals surface area contributed by atoms with E-state index in [4.69, 9.17) is 19.3 Å². The molecule has 2 aliphatic rings. The van der Waals surface area contributed by atoms with Crippen LogP contribution in [0.4, 0.5) is 11.8 Å². The molecule has 2 fully saturated rings. The molecule has 0 amide bonds. The van der Waals surface area contributed by atoms with Gasteiger partial charge >= 0.3 is 0 Å². The van der Waals surface area contributed by atoms with Crippen LogP contribution in [0.15, 0.2) is 6.33 Å². The van der Waals surface area contributed by atoms with Crippen LogP contribution in [0.1, 0.15) is 67.0 Å². The molecule has 3 heterocycles. The Balaban J connectivity index is 1.71. The van der Waals surface area contributed by atoms with Crippen LogP contribution in [0.5, 0.6) is 0 Å². The van der Waals surface area contributed by atoms with Crippen LogP contribution in [0.2, 0.25) is 36.3 Å². The highest BCUT2D eigenvalue weighted by Crippen LogP contribution is 2.46. The van der Waals surface area contributed by atoms with Crippen molar-refractivity contribution in [1.29, 1.82) is 5.26 Å². The van der Waals surface area contributed by atoms with Gasteiger partial charge in [0.25, 0.3) is 0 Å². The zero-order valence-electron chi connectivity index (χ0n) is 24.7. The van der Waals surface area contributed by atoms with Gasteiger partial charge in [-0.2, -0.15) is 15.2 Å². The summed E-state index contributed by atoms with van der Waals surface area (Å²) < 4.78 is 22.0. The third-order valence-corrected chi connectivity index (χ3v) is 17.8. The fraction of sp³-hybridized carbons (Fsp3) is 0.769. The molecule has 0 aromatic carbocycles. The predicted octanol–water partition coefficient (Wildman–Crippen LogP) is 5.58. The molecule has 3 atom stereocenters. The van der Waals surface area contributed by atoms with Crippen LogP contribution in [-0.4, -0.2) is 60.5 Å². The number of nitrogen functional groups attached to an aromatic ring is 1. The van der Waals surface area contributed by atoms with E-state index in [1.165, 1.54) is 0 Å². The lowest BCUT2D eigenvalue weighted by Crippen LogP contribution is -2.54.